The molecule has 0 aliphatic carbocycles. The smallest absolute Gasteiger partial charge is 0.185 e. The molecule has 7 heteroatoms. The van der Waals surface area contributed by atoms with Gasteiger partial charge in [-0.1, -0.05) is 0 Å². The Morgan fingerprint density at radius 2 is 1.89 bits per heavy atom. The van der Waals surface area contributed by atoms with E-state index in [1.165, 1.54) is 0 Å². The van der Waals surface area contributed by atoms with Crippen LogP contribution in [0.2, 0.25) is 0 Å². The second kappa shape index (κ2) is 9.46. The zero-order valence-electron chi connectivity index (χ0n) is 10.7. The summed E-state index contributed by atoms with van der Waals surface area (Å²) in [5.41, 5.74) is 3.10. The average molecular weight is 273 g/mol. The quantitative estimate of drug-likeness (QED) is 0.369. The molecule has 1 aromatic carbocycles. The molecule has 0 aliphatic heterocycles. The number of thiocarbonyl (C=S) groups is 1. The van der Waals surface area contributed by atoms with Crippen molar-refractivity contribution in [1.82, 2.24) is 5.43 Å². The van der Waals surface area contributed by atoms with Crippen molar-refractivity contribution >= 4 is 23.0 Å². The highest BCUT2D eigenvalue weighted by Gasteiger charge is 2.04. The maximum absolute atomic E-state index is 7.57. The molecule has 0 saturated carbocycles. The van der Waals surface area contributed by atoms with Crippen LogP contribution < -0.4 is 26.1 Å². The summed E-state index contributed by atoms with van der Waals surface area (Å²) in [4.78, 5) is 0. The second-order valence-corrected chi connectivity index (χ2v) is 3.39. The van der Waals surface area contributed by atoms with E-state index in [-0.39, 0.29) is 6.61 Å². The number of benzene rings is 1. The fourth-order valence-corrected chi connectivity index (χ4v) is 1.20. The number of rotatable bonds is 3. The largest absolute Gasteiger partial charge is 0.493 e. The van der Waals surface area contributed by atoms with Gasteiger partial charge in [0.05, 0.1) is 14.2 Å². The average Bonchev–Trinajstić information content (AvgIpc) is 2.39. The van der Waals surface area contributed by atoms with E-state index in [1.807, 2.05) is 6.07 Å². The second-order valence-electron chi connectivity index (χ2n) is 2.98. The molecule has 0 saturated heterocycles. The van der Waals surface area contributed by atoms with E-state index in [2.05, 4.69) is 10.7 Å². The first-order valence-electron chi connectivity index (χ1n) is 5.23. The number of anilines is 1. The Bertz CT molecular complexity index is 375. The van der Waals surface area contributed by atoms with Crippen molar-refractivity contribution in [3.8, 4) is 11.5 Å². The fourth-order valence-electron chi connectivity index (χ4n) is 1.08. The van der Waals surface area contributed by atoms with Crippen molar-refractivity contribution in [2.24, 2.45) is 5.84 Å². The van der Waals surface area contributed by atoms with Crippen LogP contribution in [-0.2, 0) is 0 Å². The van der Waals surface area contributed by atoms with Crippen molar-refractivity contribution in [3.63, 3.8) is 0 Å². The van der Waals surface area contributed by atoms with Gasteiger partial charge < -0.3 is 25.3 Å². The van der Waals surface area contributed by atoms with Crippen molar-refractivity contribution in [1.29, 1.82) is 0 Å². The third kappa shape index (κ3) is 5.67. The first kappa shape index (κ1) is 16.4. The van der Waals surface area contributed by atoms with E-state index < -0.39 is 0 Å². The van der Waals surface area contributed by atoms with Crippen molar-refractivity contribution in [2.75, 3.05) is 26.1 Å². The Labute approximate surface area is 112 Å². The predicted molar refractivity (Wildman–Crippen MR) is 75.8 cm³/mol. The zero-order valence-corrected chi connectivity index (χ0v) is 11.5. The Kier molecular flexibility index (Phi) is 8.63. The van der Waals surface area contributed by atoms with Gasteiger partial charge in [-0.3, -0.25) is 0 Å². The molecular formula is C11H19N3O3S. The Morgan fingerprint density at radius 3 is 2.33 bits per heavy atom. The first-order chi connectivity index (χ1) is 8.62. The molecule has 1 aromatic rings. The minimum absolute atomic E-state index is 0.250. The molecule has 1 rings (SSSR count). The number of nitrogens with two attached hydrogens (primary N) is 1. The van der Waals surface area contributed by atoms with Gasteiger partial charge in [-0.25, -0.2) is 5.84 Å². The maximum atomic E-state index is 7.57. The molecule has 5 N–H and O–H groups in total. The Hall–Kier alpha value is -1.57. The van der Waals surface area contributed by atoms with Crippen LogP contribution in [0.3, 0.4) is 0 Å². The summed E-state index contributed by atoms with van der Waals surface area (Å²) >= 11 is 4.86. The molecule has 6 nitrogen and oxygen atoms in total. The summed E-state index contributed by atoms with van der Waals surface area (Å²) in [7, 11) is 3.15. The first-order valence-corrected chi connectivity index (χ1v) is 5.64. The molecule has 18 heavy (non-hydrogen) atoms. The lowest BCUT2D eigenvalue weighted by Gasteiger charge is -2.11. The van der Waals surface area contributed by atoms with Crippen LogP contribution in [0.1, 0.15) is 6.92 Å². The molecular weight excluding hydrogens is 254 g/mol. The molecule has 0 unspecified atom stereocenters. The van der Waals surface area contributed by atoms with Crippen LogP contribution >= 0.6 is 12.2 Å². The van der Waals surface area contributed by atoms with Crippen LogP contribution in [-0.4, -0.2) is 31.0 Å². The van der Waals surface area contributed by atoms with E-state index in [0.29, 0.717) is 16.6 Å². The molecule has 0 radical (unpaired) electrons. The van der Waals surface area contributed by atoms with E-state index >= 15 is 0 Å². The predicted octanol–water partition coefficient (Wildman–Crippen LogP) is 0.862. The normalized spacial score (nSPS) is 8.72. The van der Waals surface area contributed by atoms with Crippen molar-refractivity contribution < 1.29 is 14.6 Å². The summed E-state index contributed by atoms with van der Waals surface area (Å²) in [6.07, 6.45) is 0. The zero-order chi connectivity index (χ0) is 14.0. The standard InChI is InChI=1S/C9H13N3O2S.C2H6O/c1-13-7-4-3-6(5-8(7)14-2)11-9(15)12-10;1-2-3/h3-5H,10H2,1-2H3,(H2,11,12,15);3H,2H2,1H3. The van der Waals surface area contributed by atoms with Gasteiger partial charge in [0.25, 0.3) is 0 Å². The van der Waals surface area contributed by atoms with E-state index in [0.717, 1.165) is 5.69 Å². The van der Waals surface area contributed by atoms with Crippen molar-refractivity contribution in [3.05, 3.63) is 18.2 Å². The summed E-state index contributed by atoms with van der Waals surface area (Å²) in [5.74, 6) is 6.43. The summed E-state index contributed by atoms with van der Waals surface area (Å²) in [5, 5.41) is 10.8. The maximum Gasteiger partial charge on any atom is 0.185 e. The van der Waals surface area contributed by atoms with Crippen LogP contribution in [0.5, 0.6) is 11.5 Å². The number of ether oxygens (including phenoxy) is 2. The molecule has 0 spiro atoms. The number of aliphatic hydroxyl groups excluding tert-OH is 1. The van der Waals surface area contributed by atoms with Crippen molar-refractivity contribution in [2.45, 2.75) is 6.92 Å². The lowest BCUT2D eigenvalue weighted by atomic mass is 10.3. The Balaban J connectivity index is 0.000000873. The van der Waals surface area contributed by atoms with Crippen LogP contribution in [0.4, 0.5) is 5.69 Å². The SMILES string of the molecule is CCO.COc1ccc(NC(=S)NN)cc1OC. The third-order valence-electron chi connectivity index (χ3n) is 1.77. The Morgan fingerprint density at radius 1 is 1.33 bits per heavy atom. The van der Waals surface area contributed by atoms with Gasteiger partial charge in [0.15, 0.2) is 16.6 Å². The number of aliphatic hydroxyl groups is 1. The minimum Gasteiger partial charge on any atom is -0.493 e. The summed E-state index contributed by atoms with van der Waals surface area (Å²) in [6, 6.07) is 5.35. The summed E-state index contributed by atoms with van der Waals surface area (Å²) < 4.78 is 10.2. The molecule has 0 amide bonds. The van der Waals surface area contributed by atoms with Gasteiger partial charge in [-0.15, -0.1) is 0 Å². The highest BCUT2D eigenvalue weighted by Crippen LogP contribution is 2.29. The topological polar surface area (TPSA) is 88.8 Å². The molecule has 0 aromatic heterocycles. The number of hydrogen-bond donors (Lipinski definition) is 4. The molecule has 0 atom stereocenters. The minimum atomic E-state index is 0.250. The lowest BCUT2D eigenvalue weighted by molar-refractivity contribution is 0.318. The van der Waals surface area contributed by atoms with Gasteiger partial charge in [0.1, 0.15) is 0 Å². The number of nitrogens with one attached hydrogen (secondary N) is 2. The lowest BCUT2D eigenvalue weighted by Crippen LogP contribution is -2.34. The van der Waals surface area contributed by atoms with Gasteiger partial charge in [-0.2, -0.15) is 0 Å². The molecule has 0 heterocycles. The highest BCUT2D eigenvalue weighted by atomic mass is 32.1. The van der Waals surface area contributed by atoms with Crippen LogP contribution in [0, 0.1) is 0 Å². The van der Waals surface area contributed by atoms with Gasteiger partial charge >= 0.3 is 0 Å². The van der Waals surface area contributed by atoms with Gasteiger partial charge in [-0.05, 0) is 31.3 Å². The van der Waals surface area contributed by atoms with Gasteiger partial charge in [0.2, 0.25) is 0 Å². The number of methoxy groups -OCH3 is 2. The third-order valence-corrected chi connectivity index (χ3v) is 1.99. The summed E-state index contributed by atoms with van der Waals surface area (Å²) in [6.45, 7) is 1.93. The molecule has 0 bridgehead atoms. The molecule has 0 aliphatic rings. The van der Waals surface area contributed by atoms with Crippen LogP contribution in [0.25, 0.3) is 0 Å². The van der Waals surface area contributed by atoms with Gasteiger partial charge in [0, 0.05) is 18.4 Å². The molecule has 0 fully saturated rings. The number of hydrogen-bond acceptors (Lipinski definition) is 5. The van der Waals surface area contributed by atoms with E-state index in [1.54, 1.807) is 33.3 Å². The van der Waals surface area contributed by atoms with Crippen LogP contribution in [0.15, 0.2) is 18.2 Å². The monoisotopic (exact) mass is 273 g/mol. The number of hydrazine groups is 1. The van der Waals surface area contributed by atoms with E-state index in [4.69, 9.17) is 32.6 Å². The fraction of sp³-hybridized carbons (Fsp3) is 0.364. The highest BCUT2D eigenvalue weighted by molar-refractivity contribution is 7.80. The van der Waals surface area contributed by atoms with E-state index in [9.17, 15) is 0 Å². The molecule has 102 valence electrons.